The fourth-order valence-electron chi connectivity index (χ4n) is 2.29. The van der Waals surface area contributed by atoms with Crippen LogP contribution in [-0.4, -0.2) is 11.6 Å². The van der Waals surface area contributed by atoms with Crippen LogP contribution in [0.1, 0.15) is 55.6 Å². The Labute approximate surface area is 142 Å². The summed E-state index contributed by atoms with van der Waals surface area (Å²) in [6.07, 6.45) is 0.634. The minimum atomic E-state index is -0.294. The lowest BCUT2D eigenvalue weighted by Gasteiger charge is -2.18. The Hall–Kier alpha value is -2.49. The van der Waals surface area contributed by atoms with Gasteiger partial charge in [0.1, 0.15) is 5.82 Å². The van der Waals surface area contributed by atoms with Gasteiger partial charge in [0.05, 0.1) is 5.71 Å². The average molecular weight is 326 g/mol. The van der Waals surface area contributed by atoms with E-state index in [4.69, 9.17) is 0 Å². The Bertz CT molecular complexity index is 726. The number of carbonyl (C=O) groups is 1. The first-order valence-corrected chi connectivity index (χ1v) is 8.04. The standard InChI is InChI=1S/C20H23FN2O/c1-5-18(14-8-12-17(21)13-9-14)22-23-19(24)15-6-10-16(11-7-15)20(2,3)4/h6-13H,5H2,1-4H3,(H,23,24)/b22-18-. The van der Waals surface area contributed by atoms with Gasteiger partial charge in [-0.05, 0) is 47.2 Å². The molecule has 0 heterocycles. The van der Waals surface area contributed by atoms with E-state index in [-0.39, 0.29) is 17.1 Å². The minimum Gasteiger partial charge on any atom is -0.267 e. The molecule has 2 aromatic rings. The topological polar surface area (TPSA) is 41.5 Å². The van der Waals surface area contributed by atoms with Gasteiger partial charge in [-0.3, -0.25) is 4.79 Å². The number of hydrogen-bond acceptors (Lipinski definition) is 2. The number of carbonyl (C=O) groups excluding carboxylic acids is 1. The van der Waals surface area contributed by atoms with Crippen molar-refractivity contribution in [1.29, 1.82) is 0 Å². The van der Waals surface area contributed by atoms with Crippen LogP contribution < -0.4 is 5.43 Å². The molecule has 0 spiro atoms. The first kappa shape index (κ1) is 17.9. The second-order valence-corrected chi connectivity index (χ2v) is 6.69. The highest BCUT2D eigenvalue weighted by Crippen LogP contribution is 2.22. The summed E-state index contributed by atoms with van der Waals surface area (Å²) in [4.78, 5) is 12.2. The van der Waals surface area contributed by atoms with Crippen LogP contribution in [0.4, 0.5) is 4.39 Å². The molecule has 24 heavy (non-hydrogen) atoms. The van der Waals surface area contributed by atoms with Crippen molar-refractivity contribution >= 4 is 11.6 Å². The molecule has 0 aliphatic carbocycles. The Morgan fingerprint density at radius 2 is 1.54 bits per heavy atom. The molecule has 4 heteroatoms. The van der Waals surface area contributed by atoms with Crippen LogP contribution in [0.15, 0.2) is 53.6 Å². The molecule has 2 rings (SSSR count). The van der Waals surface area contributed by atoms with Gasteiger partial charge in [0.2, 0.25) is 0 Å². The van der Waals surface area contributed by atoms with Gasteiger partial charge in [-0.1, -0.05) is 52.0 Å². The largest absolute Gasteiger partial charge is 0.271 e. The van der Waals surface area contributed by atoms with Crippen LogP contribution >= 0.6 is 0 Å². The van der Waals surface area contributed by atoms with Crippen molar-refractivity contribution in [3.05, 3.63) is 71.0 Å². The summed E-state index contributed by atoms with van der Waals surface area (Å²) < 4.78 is 13.0. The zero-order valence-corrected chi connectivity index (χ0v) is 14.6. The van der Waals surface area contributed by atoms with E-state index < -0.39 is 0 Å². The van der Waals surface area contributed by atoms with E-state index in [0.717, 1.165) is 5.56 Å². The molecule has 0 atom stereocenters. The van der Waals surface area contributed by atoms with Crippen molar-refractivity contribution < 1.29 is 9.18 Å². The Balaban J connectivity index is 2.11. The van der Waals surface area contributed by atoms with Crippen molar-refractivity contribution in [2.45, 2.75) is 39.5 Å². The highest BCUT2D eigenvalue weighted by Gasteiger charge is 2.14. The van der Waals surface area contributed by atoms with Gasteiger partial charge in [-0.25, -0.2) is 9.82 Å². The molecule has 0 radical (unpaired) electrons. The van der Waals surface area contributed by atoms with Crippen LogP contribution in [0.2, 0.25) is 0 Å². The predicted octanol–water partition coefficient (Wildman–Crippen LogP) is 4.67. The smallest absolute Gasteiger partial charge is 0.267 e. The Morgan fingerprint density at radius 1 is 1.00 bits per heavy atom. The number of hydrazone groups is 1. The molecule has 2 aromatic carbocycles. The number of hydrogen-bond donors (Lipinski definition) is 1. The van der Waals surface area contributed by atoms with E-state index in [2.05, 4.69) is 31.3 Å². The van der Waals surface area contributed by atoms with E-state index in [1.807, 2.05) is 19.1 Å². The molecule has 126 valence electrons. The van der Waals surface area contributed by atoms with E-state index in [0.29, 0.717) is 17.7 Å². The molecular weight excluding hydrogens is 303 g/mol. The van der Waals surface area contributed by atoms with E-state index in [1.54, 1.807) is 24.3 Å². The molecule has 0 saturated carbocycles. The number of amides is 1. The molecule has 0 aliphatic rings. The normalized spacial score (nSPS) is 12.1. The van der Waals surface area contributed by atoms with Crippen LogP contribution in [0.25, 0.3) is 0 Å². The average Bonchev–Trinajstić information content (AvgIpc) is 2.56. The summed E-state index contributed by atoms with van der Waals surface area (Å²) >= 11 is 0. The van der Waals surface area contributed by atoms with Crippen LogP contribution in [0.3, 0.4) is 0 Å². The van der Waals surface area contributed by atoms with Crippen molar-refractivity contribution in [3.8, 4) is 0 Å². The van der Waals surface area contributed by atoms with Crippen LogP contribution in [0.5, 0.6) is 0 Å². The summed E-state index contributed by atoms with van der Waals surface area (Å²) in [6.45, 7) is 8.32. The highest BCUT2D eigenvalue weighted by atomic mass is 19.1. The first-order valence-electron chi connectivity index (χ1n) is 8.04. The lowest BCUT2D eigenvalue weighted by molar-refractivity contribution is 0.0954. The molecule has 0 aliphatic heterocycles. The third kappa shape index (κ3) is 4.51. The third-order valence-electron chi connectivity index (χ3n) is 3.82. The summed E-state index contributed by atoms with van der Waals surface area (Å²) in [5, 5.41) is 4.18. The van der Waals surface area contributed by atoms with Gasteiger partial charge < -0.3 is 0 Å². The van der Waals surface area contributed by atoms with Crippen molar-refractivity contribution in [1.82, 2.24) is 5.43 Å². The molecular formula is C20H23FN2O. The molecule has 1 amide bonds. The fraction of sp³-hybridized carbons (Fsp3) is 0.300. The van der Waals surface area contributed by atoms with Crippen LogP contribution in [-0.2, 0) is 5.41 Å². The SMILES string of the molecule is CC/C(=N/NC(=O)c1ccc(C(C)(C)C)cc1)c1ccc(F)cc1. The van der Waals surface area contributed by atoms with Crippen molar-refractivity contribution in [3.63, 3.8) is 0 Å². The fourth-order valence-corrected chi connectivity index (χ4v) is 2.29. The number of halogens is 1. The van der Waals surface area contributed by atoms with Gasteiger partial charge in [0.25, 0.3) is 5.91 Å². The predicted molar refractivity (Wildman–Crippen MR) is 95.8 cm³/mol. The number of rotatable bonds is 4. The number of nitrogens with zero attached hydrogens (tertiary/aromatic N) is 1. The maximum absolute atomic E-state index is 13.0. The van der Waals surface area contributed by atoms with Gasteiger partial charge in [-0.2, -0.15) is 5.10 Å². The number of nitrogens with one attached hydrogen (secondary N) is 1. The van der Waals surface area contributed by atoms with Gasteiger partial charge in [0.15, 0.2) is 0 Å². The second kappa shape index (κ2) is 7.39. The summed E-state index contributed by atoms with van der Waals surface area (Å²) in [5.74, 6) is -0.555. The third-order valence-corrected chi connectivity index (χ3v) is 3.82. The van der Waals surface area contributed by atoms with E-state index >= 15 is 0 Å². The second-order valence-electron chi connectivity index (χ2n) is 6.69. The maximum atomic E-state index is 13.0. The summed E-state index contributed by atoms with van der Waals surface area (Å²) in [7, 11) is 0. The Morgan fingerprint density at radius 3 is 2.04 bits per heavy atom. The molecule has 0 fully saturated rings. The number of benzene rings is 2. The molecule has 3 nitrogen and oxygen atoms in total. The van der Waals surface area contributed by atoms with Crippen molar-refractivity contribution in [2.24, 2.45) is 5.10 Å². The first-order chi connectivity index (χ1) is 11.3. The zero-order chi connectivity index (χ0) is 17.7. The van der Waals surface area contributed by atoms with Gasteiger partial charge in [-0.15, -0.1) is 0 Å². The van der Waals surface area contributed by atoms with Crippen molar-refractivity contribution in [2.75, 3.05) is 0 Å². The minimum absolute atomic E-state index is 0.0467. The molecule has 1 N–H and O–H groups in total. The molecule has 0 saturated heterocycles. The summed E-state index contributed by atoms with van der Waals surface area (Å²) in [5.41, 5.74) is 5.85. The van der Waals surface area contributed by atoms with Gasteiger partial charge >= 0.3 is 0 Å². The zero-order valence-electron chi connectivity index (χ0n) is 14.6. The molecule has 0 unspecified atom stereocenters. The molecule has 0 aromatic heterocycles. The lowest BCUT2D eigenvalue weighted by atomic mass is 9.87. The lowest BCUT2D eigenvalue weighted by Crippen LogP contribution is -2.20. The molecule has 0 bridgehead atoms. The van der Waals surface area contributed by atoms with E-state index in [9.17, 15) is 9.18 Å². The maximum Gasteiger partial charge on any atom is 0.271 e. The quantitative estimate of drug-likeness (QED) is 0.644. The highest BCUT2D eigenvalue weighted by molar-refractivity contribution is 6.02. The van der Waals surface area contributed by atoms with Crippen LogP contribution in [0, 0.1) is 5.82 Å². The van der Waals surface area contributed by atoms with Gasteiger partial charge in [0, 0.05) is 5.56 Å². The monoisotopic (exact) mass is 326 g/mol. The summed E-state index contributed by atoms with van der Waals surface area (Å²) in [6, 6.07) is 13.6. The van der Waals surface area contributed by atoms with E-state index in [1.165, 1.54) is 17.7 Å². The Kier molecular flexibility index (Phi) is 5.50.